The van der Waals surface area contributed by atoms with Crippen LogP contribution in [0.1, 0.15) is 53.6 Å². The van der Waals surface area contributed by atoms with E-state index in [4.69, 9.17) is 9.73 Å². The lowest BCUT2D eigenvalue weighted by molar-refractivity contribution is 0.0696. The van der Waals surface area contributed by atoms with Crippen LogP contribution in [-0.4, -0.2) is 53.0 Å². The van der Waals surface area contributed by atoms with Gasteiger partial charge in [-0.15, -0.1) is 0 Å². The lowest BCUT2D eigenvalue weighted by atomic mass is 9.94. The van der Waals surface area contributed by atoms with Gasteiger partial charge in [0.25, 0.3) is 5.91 Å². The molecule has 3 aromatic carbocycles. The minimum Gasteiger partial charge on any atom is -0.494 e. The monoisotopic (exact) mass is 525 g/mol. The molecule has 0 bridgehead atoms. The maximum Gasteiger partial charge on any atom is 0.513 e. The van der Waals surface area contributed by atoms with Gasteiger partial charge in [0.1, 0.15) is 5.75 Å². The molecule has 2 N–H and O–H groups in total. The summed E-state index contributed by atoms with van der Waals surface area (Å²) >= 11 is 0. The number of aromatic hydroxyl groups is 1. The van der Waals surface area contributed by atoms with Gasteiger partial charge in [-0.2, -0.15) is 0 Å². The molecule has 0 radical (unpaired) electrons. The van der Waals surface area contributed by atoms with Gasteiger partial charge in [-0.05, 0) is 49.2 Å². The number of aliphatic imine (C=N–C) groups is 1. The molecule has 4 aromatic rings. The van der Waals surface area contributed by atoms with Gasteiger partial charge in [0.15, 0.2) is 5.88 Å². The molecule has 0 spiro atoms. The Kier molecular flexibility index (Phi) is 7.63. The topological polar surface area (TPSA) is 104 Å². The molecule has 5 rings (SSSR count). The smallest absolute Gasteiger partial charge is 0.494 e. The van der Waals surface area contributed by atoms with Crippen molar-refractivity contribution in [1.29, 1.82) is 0 Å². The second-order valence-electron chi connectivity index (χ2n) is 9.69. The number of nitrogens with one attached hydrogen (secondary N) is 1. The number of methoxy groups -OCH3 is 1. The summed E-state index contributed by atoms with van der Waals surface area (Å²) in [6, 6.07) is 22.1. The number of carbonyl (C=O) groups excluding carboxylic acids is 2. The summed E-state index contributed by atoms with van der Waals surface area (Å²) < 4.78 is 9.68. The number of H-pyrrole nitrogens is 1. The van der Waals surface area contributed by atoms with Crippen molar-refractivity contribution in [1.82, 2.24) is 9.88 Å². The minimum absolute atomic E-state index is 0.0139. The van der Waals surface area contributed by atoms with E-state index in [0.717, 1.165) is 18.4 Å². The number of benzene rings is 3. The zero-order valence-electron chi connectivity index (χ0n) is 22.0. The van der Waals surface area contributed by atoms with Crippen LogP contribution in [-0.2, 0) is 4.74 Å². The highest BCUT2D eigenvalue weighted by atomic mass is 16.7. The number of aromatic nitrogens is 1. The van der Waals surface area contributed by atoms with E-state index < -0.39 is 6.16 Å². The summed E-state index contributed by atoms with van der Waals surface area (Å²) in [5.41, 5.74) is 3.71. The number of amides is 1. The molecule has 200 valence electrons. The zero-order chi connectivity index (χ0) is 27.4. The van der Waals surface area contributed by atoms with Gasteiger partial charge in [-0.25, -0.2) is 9.79 Å². The molecular weight excluding hydrogens is 494 g/mol. The molecule has 1 saturated carbocycles. The Bertz CT molecular complexity index is 1500. The molecule has 1 aliphatic carbocycles. The second-order valence-corrected chi connectivity index (χ2v) is 9.69. The summed E-state index contributed by atoms with van der Waals surface area (Å²) in [6.45, 7) is 0. The van der Waals surface area contributed by atoms with E-state index in [1.54, 1.807) is 30.3 Å². The number of fused-ring (bicyclic) bond motifs is 1. The predicted octanol–water partition coefficient (Wildman–Crippen LogP) is 6.59. The van der Waals surface area contributed by atoms with Gasteiger partial charge >= 0.3 is 6.16 Å². The normalized spacial score (nSPS) is 14.3. The fraction of sp³-hybridized carbons (Fsp3) is 0.258. The van der Waals surface area contributed by atoms with Gasteiger partial charge in [-0.1, -0.05) is 49.6 Å². The number of ether oxygens (including phenoxy) is 2. The Balaban J connectivity index is 1.49. The Morgan fingerprint density at radius 2 is 1.67 bits per heavy atom. The molecule has 39 heavy (non-hydrogen) atoms. The number of rotatable bonds is 6. The molecule has 1 fully saturated rings. The molecule has 1 amide bonds. The minimum atomic E-state index is -0.830. The maximum absolute atomic E-state index is 13.1. The standard InChI is InChI=1S/C31H31N3O5/c1-34(23-11-7-4-8-12-23)30(36)21-13-15-22(16-14-21)32-28(20-9-5-3-6-10-20)27-25-18-17-24(39-31(37)38-2)19-26(25)33-29(27)35/h3,5-6,9-10,13-19,23,33,35H,4,7-8,11-12H2,1-2H3. The van der Waals surface area contributed by atoms with Crippen molar-refractivity contribution in [2.75, 3.05) is 14.2 Å². The van der Waals surface area contributed by atoms with E-state index in [1.165, 1.54) is 26.4 Å². The summed E-state index contributed by atoms with van der Waals surface area (Å²) in [6.07, 6.45) is 4.84. The maximum atomic E-state index is 13.1. The molecule has 0 unspecified atom stereocenters. The Morgan fingerprint density at radius 1 is 0.949 bits per heavy atom. The fourth-order valence-electron chi connectivity index (χ4n) is 5.11. The third kappa shape index (κ3) is 5.65. The number of carbonyl (C=O) groups is 2. The quantitative estimate of drug-likeness (QED) is 0.168. The molecule has 0 saturated heterocycles. The van der Waals surface area contributed by atoms with Crippen LogP contribution in [0.5, 0.6) is 11.6 Å². The highest BCUT2D eigenvalue weighted by Gasteiger charge is 2.23. The Morgan fingerprint density at radius 3 is 2.36 bits per heavy atom. The summed E-state index contributed by atoms with van der Waals surface area (Å²) in [5.74, 6) is 0.225. The van der Waals surface area contributed by atoms with Crippen LogP contribution < -0.4 is 4.74 Å². The molecule has 1 heterocycles. The van der Waals surface area contributed by atoms with Crippen molar-refractivity contribution in [3.63, 3.8) is 0 Å². The Labute approximate surface area is 226 Å². The van der Waals surface area contributed by atoms with Crippen LogP contribution >= 0.6 is 0 Å². The molecule has 8 heteroatoms. The molecule has 1 aromatic heterocycles. The van der Waals surface area contributed by atoms with Crippen molar-refractivity contribution < 1.29 is 24.2 Å². The summed E-state index contributed by atoms with van der Waals surface area (Å²) in [5, 5.41) is 11.6. The first kappa shape index (κ1) is 26.0. The largest absolute Gasteiger partial charge is 0.513 e. The van der Waals surface area contributed by atoms with E-state index in [2.05, 4.69) is 9.72 Å². The van der Waals surface area contributed by atoms with Crippen LogP contribution in [0.4, 0.5) is 10.5 Å². The first-order valence-electron chi connectivity index (χ1n) is 13.1. The highest BCUT2D eigenvalue weighted by Crippen LogP contribution is 2.33. The lowest BCUT2D eigenvalue weighted by Crippen LogP contribution is -2.38. The number of hydrogen-bond acceptors (Lipinski definition) is 6. The first-order valence-corrected chi connectivity index (χ1v) is 13.1. The van der Waals surface area contributed by atoms with Crippen LogP contribution in [0.3, 0.4) is 0 Å². The first-order chi connectivity index (χ1) is 18.9. The summed E-state index contributed by atoms with van der Waals surface area (Å²) in [7, 11) is 3.12. The fourth-order valence-corrected chi connectivity index (χ4v) is 5.11. The van der Waals surface area contributed by atoms with Gasteiger partial charge in [-0.3, -0.25) is 4.79 Å². The van der Waals surface area contributed by atoms with Crippen LogP contribution in [0.15, 0.2) is 77.8 Å². The second kappa shape index (κ2) is 11.4. The molecule has 1 aliphatic rings. The Hall–Kier alpha value is -4.59. The zero-order valence-corrected chi connectivity index (χ0v) is 22.0. The van der Waals surface area contributed by atoms with E-state index >= 15 is 0 Å². The third-order valence-corrected chi connectivity index (χ3v) is 7.20. The van der Waals surface area contributed by atoms with E-state index in [9.17, 15) is 14.7 Å². The highest BCUT2D eigenvalue weighted by molar-refractivity contribution is 6.22. The van der Waals surface area contributed by atoms with Crippen molar-refractivity contribution >= 4 is 34.4 Å². The molecule has 8 nitrogen and oxygen atoms in total. The van der Waals surface area contributed by atoms with Crippen LogP contribution in [0.2, 0.25) is 0 Å². The lowest BCUT2D eigenvalue weighted by Gasteiger charge is -2.31. The van der Waals surface area contributed by atoms with E-state index in [1.807, 2.05) is 54.4 Å². The van der Waals surface area contributed by atoms with Crippen molar-refractivity contribution in [2.24, 2.45) is 4.99 Å². The predicted molar refractivity (Wildman–Crippen MR) is 150 cm³/mol. The number of nitrogens with zero attached hydrogens (tertiary/aromatic N) is 2. The van der Waals surface area contributed by atoms with Gasteiger partial charge in [0.2, 0.25) is 0 Å². The van der Waals surface area contributed by atoms with Gasteiger partial charge in [0, 0.05) is 35.7 Å². The van der Waals surface area contributed by atoms with Crippen LogP contribution in [0, 0.1) is 0 Å². The third-order valence-electron chi connectivity index (χ3n) is 7.20. The molecule has 0 aliphatic heterocycles. The average molecular weight is 526 g/mol. The van der Waals surface area contributed by atoms with Crippen molar-refractivity contribution in [2.45, 2.75) is 38.1 Å². The number of aromatic amines is 1. The van der Waals surface area contributed by atoms with Crippen LogP contribution in [0.25, 0.3) is 10.9 Å². The van der Waals surface area contributed by atoms with Gasteiger partial charge in [0.05, 0.1) is 29.6 Å². The van der Waals surface area contributed by atoms with Crippen molar-refractivity contribution in [3.8, 4) is 11.6 Å². The van der Waals surface area contributed by atoms with E-state index in [-0.39, 0.29) is 23.6 Å². The van der Waals surface area contributed by atoms with Gasteiger partial charge < -0.3 is 24.5 Å². The number of hydrogen-bond donors (Lipinski definition) is 2. The average Bonchev–Trinajstić information content (AvgIpc) is 3.30. The molecular formula is C31H31N3O5. The van der Waals surface area contributed by atoms with Crippen molar-refractivity contribution in [3.05, 3.63) is 89.5 Å². The molecule has 0 atom stereocenters. The van der Waals surface area contributed by atoms with E-state index in [0.29, 0.717) is 33.4 Å². The summed E-state index contributed by atoms with van der Waals surface area (Å²) in [4.78, 5) is 34.4. The SMILES string of the molecule is COC(=O)Oc1ccc2c(C(=Nc3ccc(C(=O)N(C)C4CCCCC4)cc3)c3ccccc3)c(O)[nH]c2c1.